The van der Waals surface area contributed by atoms with E-state index in [-0.39, 0.29) is 18.8 Å². The first-order valence-corrected chi connectivity index (χ1v) is 3.71. The molecule has 0 saturated carbocycles. The van der Waals surface area contributed by atoms with Crippen molar-refractivity contribution < 1.29 is 14.6 Å². The summed E-state index contributed by atoms with van der Waals surface area (Å²) in [6.07, 6.45) is 1.36. The topological polar surface area (TPSA) is 72.6 Å². The van der Waals surface area contributed by atoms with Crippen LogP contribution in [0.1, 0.15) is 19.3 Å². The Morgan fingerprint density at radius 1 is 1.50 bits per heavy atom. The first-order valence-electron chi connectivity index (χ1n) is 3.71. The lowest BCUT2D eigenvalue weighted by Gasteiger charge is -2.31. The Balaban J connectivity index is 0.00000121. The van der Waals surface area contributed by atoms with Crippen molar-refractivity contribution in [1.82, 2.24) is 0 Å². The van der Waals surface area contributed by atoms with Crippen LogP contribution in [0.4, 0.5) is 0 Å². The summed E-state index contributed by atoms with van der Waals surface area (Å²) in [5, 5.41) is 8.51. The number of nitrogens with two attached hydrogens (primary N) is 1. The summed E-state index contributed by atoms with van der Waals surface area (Å²) in [5.74, 6) is -0.825. The molecule has 12 heavy (non-hydrogen) atoms. The highest BCUT2D eigenvalue weighted by molar-refractivity contribution is 5.85. The number of carboxylic acid groups (broad SMARTS) is 1. The lowest BCUT2D eigenvalue weighted by molar-refractivity contribution is -0.139. The second-order valence-corrected chi connectivity index (χ2v) is 3.05. The third-order valence-electron chi connectivity index (χ3n) is 1.99. The van der Waals surface area contributed by atoms with Crippen molar-refractivity contribution >= 4 is 18.4 Å². The molecule has 0 aromatic carbocycles. The molecule has 0 bridgehead atoms. The number of hydrogen-bond donors (Lipinski definition) is 2. The van der Waals surface area contributed by atoms with Crippen LogP contribution in [0.3, 0.4) is 0 Å². The molecule has 0 aromatic heterocycles. The molecule has 1 aliphatic rings. The van der Waals surface area contributed by atoms with E-state index < -0.39 is 11.5 Å². The number of aliphatic carboxylic acids is 1. The van der Waals surface area contributed by atoms with Gasteiger partial charge in [0.05, 0.1) is 6.42 Å². The summed E-state index contributed by atoms with van der Waals surface area (Å²) >= 11 is 0. The molecule has 0 unspecified atom stereocenters. The molecule has 1 fully saturated rings. The number of hydrogen-bond acceptors (Lipinski definition) is 3. The van der Waals surface area contributed by atoms with Gasteiger partial charge in [0.1, 0.15) is 0 Å². The van der Waals surface area contributed by atoms with Gasteiger partial charge in [-0.15, -0.1) is 12.4 Å². The van der Waals surface area contributed by atoms with Gasteiger partial charge in [-0.3, -0.25) is 4.79 Å². The zero-order chi connectivity index (χ0) is 8.32. The first kappa shape index (κ1) is 11.7. The quantitative estimate of drug-likeness (QED) is 0.669. The predicted octanol–water partition coefficient (Wildman–Crippen LogP) is 0.391. The van der Waals surface area contributed by atoms with Gasteiger partial charge < -0.3 is 15.6 Å². The molecule has 4 nitrogen and oxygen atoms in total. The molecule has 0 radical (unpaired) electrons. The van der Waals surface area contributed by atoms with Crippen molar-refractivity contribution in [1.29, 1.82) is 0 Å². The van der Waals surface area contributed by atoms with Crippen molar-refractivity contribution in [2.45, 2.75) is 24.8 Å². The van der Waals surface area contributed by atoms with Crippen molar-refractivity contribution in [3.8, 4) is 0 Å². The summed E-state index contributed by atoms with van der Waals surface area (Å²) in [6.45, 7) is 1.17. The van der Waals surface area contributed by atoms with E-state index in [1.807, 2.05) is 0 Å². The smallest absolute Gasteiger partial charge is 0.305 e. The SMILES string of the molecule is Cl.NC1(CC(=O)O)CCOCC1. The van der Waals surface area contributed by atoms with E-state index in [1.165, 1.54) is 0 Å². The molecule has 1 heterocycles. The van der Waals surface area contributed by atoms with Gasteiger partial charge in [-0.05, 0) is 12.8 Å². The number of ether oxygens (including phenoxy) is 1. The zero-order valence-electron chi connectivity index (χ0n) is 6.78. The van der Waals surface area contributed by atoms with E-state index in [1.54, 1.807) is 0 Å². The maximum Gasteiger partial charge on any atom is 0.305 e. The average molecular weight is 196 g/mol. The third-order valence-corrected chi connectivity index (χ3v) is 1.99. The van der Waals surface area contributed by atoms with Crippen LogP contribution in [0.15, 0.2) is 0 Å². The van der Waals surface area contributed by atoms with Gasteiger partial charge in [-0.2, -0.15) is 0 Å². The summed E-state index contributed by atoms with van der Waals surface area (Å²) in [6, 6.07) is 0. The molecule has 0 spiro atoms. The normalized spacial score (nSPS) is 21.1. The first-order chi connectivity index (χ1) is 5.12. The standard InChI is InChI=1S/C7H13NO3.ClH/c8-7(5-6(9)10)1-3-11-4-2-7;/h1-5,8H2,(H,9,10);1H. The van der Waals surface area contributed by atoms with E-state index in [4.69, 9.17) is 15.6 Å². The van der Waals surface area contributed by atoms with Gasteiger partial charge in [0, 0.05) is 18.8 Å². The minimum atomic E-state index is -0.825. The molecule has 0 atom stereocenters. The third kappa shape index (κ3) is 3.38. The van der Waals surface area contributed by atoms with E-state index in [9.17, 15) is 4.79 Å². The van der Waals surface area contributed by atoms with Gasteiger partial charge in [0.25, 0.3) is 0 Å². The van der Waals surface area contributed by atoms with Crippen LogP contribution >= 0.6 is 12.4 Å². The van der Waals surface area contributed by atoms with Crippen molar-refractivity contribution in [3.05, 3.63) is 0 Å². The van der Waals surface area contributed by atoms with Gasteiger partial charge >= 0.3 is 5.97 Å². The minimum absolute atomic E-state index is 0. The van der Waals surface area contributed by atoms with Gasteiger partial charge in [-0.25, -0.2) is 0 Å². The molecule has 1 saturated heterocycles. The lowest BCUT2D eigenvalue weighted by atomic mass is 9.88. The average Bonchev–Trinajstić information content (AvgIpc) is 1.85. The van der Waals surface area contributed by atoms with Gasteiger partial charge in [-0.1, -0.05) is 0 Å². The van der Waals surface area contributed by atoms with E-state index in [2.05, 4.69) is 0 Å². The Morgan fingerprint density at radius 3 is 2.42 bits per heavy atom. The molecule has 0 amide bonds. The minimum Gasteiger partial charge on any atom is -0.481 e. The van der Waals surface area contributed by atoms with Crippen LogP contribution < -0.4 is 5.73 Å². The van der Waals surface area contributed by atoms with E-state index in [0.29, 0.717) is 26.1 Å². The Hall–Kier alpha value is -0.320. The monoisotopic (exact) mass is 195 g/mol. The van der Waals surface area contributed by atoms with E-state index >= 15 is 0 Å². The Morgan fingerprint density at radius 2 is 2.00 bits per heavy atom. The Labute approximate surface area is 77.5 Å². The molecule has 0 aliphatic carbocycles. The summed E-state index contributed by atoms with van der Waals surface area (Å²) < 4.78 is 5.07. The number of carbonyl (C=O) groups is 1. The summed E-state index contributed by atoms with van der Waals surface area (Å²) in [7, 11) is 0. The maximum absolute atomic E-state index is 10.4. The van der Waals surface area contributed by atoms with Crippen LogP contribution in [-0.4, -0.2) is 29.8 Å². The van der Waals surface area contributed by atoms with E-state index in [0.717, 1.165) is 0 Å². The van der Waals surface area contributed by atoms with Crippen molar-refractivity contribution in [2.24, 2.45) is 5.73 Å². The Bertz CT molecular complexity index is 157. The van der Waals surface area contributed by atoms with Crippen LogP contribution in [-0.2, 0) is 9.53 Å². The van der Waals surface area contributed by atoms with Crippen LogP contribution in [0, 0.1) is 0 Å². The molecule has 72 valence electrons. The largest absolute Gasteiger partial charge is 0.481 e. The van der Waals surface area contributed by atoms with Crippen LogP contribution in [0.2, 0.25) is 0 Å². The maximum atomic E-state index is 10.4. The lowest BCUT2D eigenvalue weighted by Crippen LogP contribution is -2.46. The molecular weight excluding hydrogens is 182 g/mol. The highest BCUT2D eigenvalue weighted by Crippen LogP contribution is 2.20. The fraction of sp³-hybridized carbons (Fsp3) is 0.857. The number of halogens is 1. The zero-order valence-corrected chi connectivity index (χ0v) is 7.60. The number of carboxylic acids is 1. The van der Waals surface area contributed by atoms with Crippen molar-refractivity contribution in [2.75, 3.05) is 13.2 Å². The summed E-state index contributed by atoms with van der Waals surface area (Å²) in [5.41, 5.74) is 5.28. The molecular formula is C7H14ClNO3. The Kier molecular flexibility index (Phi) is 4.52. The second kappa shape index (κ2) is 4.64. The molecule has 1 rings (SSSR count). The number of rotatable bonds is 2. The second-order valence-electron chi connectivity index (χ2n) is 3.05. The summed E-state index contributed by atoms with van der Waals surface area (Å²) in [4.78, 5) is 10.4. The molecule has 5 heteroatoms. The van der Waals surface area contributed by atoms with Gasteiger partial charge in [0.15, 0.2) is 0 Å². The predicted molar refractivity (Wildman–Crippen MR) is 46.5 cm³/mol. The molecule has 1 aliphatic heterocycles. The highest BCUT2D eigenvalue weighted by Gasteiger charge is 2.30. The fourth-order valence-electron chi connectivity index (χ4n) is 1.26. The van der Waals surface area contributed by atoms with Crippen molar-refractivity contribution in [3.63, 3.8) is 0 Å². The van der Waals surface area contributed by atoms with Gasteiger partial charge in [0.2, 0.25) is 0 Å². The highest BCUT2D eigenvalue weighted by atomic mass is 35.5. The van der Waals surface area contributed by atoms with Crippen LogP contribution in [0.25, 0.3) is 0 Å². The molecule has 3 N–H and O–H groups in total. The fourth-order valence-corrected chi connectivity index (χ4v) is 1.26. The molecule has 0 aromatic rings. The van der Waals surface area contributed by atoms with Crippen LogP contribution in [0.5, 0.6) is 0 Å².